The molecule has 0 aliphatic carbocycles. The molecule has 0 unspecified atom stereocenters. The quantitative estimate of drug-likeness (QED) is 0.906. The molecule has 0 saturated heterocycles. The van der Waals surface area contributed by atoms with E-state index in [2.05, 4.69) is 5.10 Å². The summed E-state index contributed by atoms with van der Waals surface area (Å²) < 4.78 is 7.40. The van der Waals surface area contributed by atoms with Gasteiger partial charge in [0.1, 0.15) is 12.4 Å². The van der Waals surface area contributed by atoms with Crippen LogP contribution in [0.25, 0.3) is 0 Å². The number of aromatic nitrogens is 2. The third kappa shape index (κ3) is 2.78. The number of hydrogen-bond acceptors (Lipinski definition) is 3. The van der Waals surface area contributed by atoms with Gasteiger partial charge in [0.2, 0.25) is 0 Å². The lowest BCUT2D eigenvalue weighted by Crippen LogP contribution is -2.04. The van der Waals surface area contributed by atoms with Crippen molar-refractivity contribution in [2.75, 3.05) is 0 Å². The molecular weight excluding hydrogens is 238 g/mol. The molecule has 0 aliphatic rings. The normalized spacial score (nSPS) is 10.5. The predicted octanol–water partition coefficient (Wildman–Crippen LogP) is 2.11. The summed E-state index contributed by atoms with van der Waals surface area (Å²) in [4.78, 5) is 0. The second kappa shape index (κ2) is 5.21. The number of benzene rings is 1. The number of hydrogen-bond donors (Lipinski definition) is 1. The van der Waals surface area contributed by atoms with E-state index in [0.717, 1.165) is 11.3 Å². The van der Waals surface area contributed by atoms with Gasteiger partial charge in [0, 0.05) is 30.4 Å². The van der Waals surface area contributed by atoms with Gasteiger partial charge in [-0.2, -0.15) is 5.10 Å². The number of aryl methyl sites for hydroxylation is 1. The van der Waals surface area contributed by atoms with Crippen molar-refractivity contribution >= 4 is 11.6 Å². The second-order valence-electron chi connectivity index (χ2n) is 3.69. The molecule has 1 aromatic carbocycles. The molecule has 90 valence electrons. The molecule has 0 amide bonds. The van der Waals surface area contributed by atoms with Crippen molar-refractivity contribution in [3.63, 3.8) is 0 Å². The van der Waals surface area contributed by atoms with E-state index >= 15 is 0 Å². The summed E-state index contributed by atoms with van der Waals surface area (Å²) in [5, 5.41) is 4.86. The second-order valence-corrected chi connectivity index (χ2v) is 4.10. The minimum absolute atomic E-state index is 0.358. The minimum atomic E-state index is 0.358. The average molecular weight is 252 g/mol. The maximum Gasteiger partial charge on any atom is 0.132 e. The molecule has 2 aromatic rings. The number of rotatable bonds is 4. The Kier molecular flexibility index (Phi) is 3.66. The van der Waals surface area contributed by atoms with Gasteiger partial charge in [-0.05, 0) is 18.2 Å². The summed E-state index contributed by atoms with van der Waals surface area (Å²) in [5.74, 6) is 0.714. The van der Waals surface area contributed by atoms with Crippen LogP contribution in [0.4, 0.5) is 0 Å². The molecule has 2 N–H and O–H groups in total. The Labute approximate surface area is 105 Å². The van der Waals surface area contributed by atoms with Gasteiger partial charge in [-0.25, -0.2) is 0 Å². The molecule has 1 aromatic heterocycles. The Morgan fingerprint density at radius 3 is 2.88 bits per heavy atom. The fraction of sp³-hybridized carbons (Fsp3) is 0.250. The third-order valence-electron chi connectivity index (χ3n) is 2.42. The first-order chi connectivity index (χ1) is 8.20. The lowest BCUT2D eigenvalue weighted by atomic mass is 10.2. The number of ether oxygens (including phenoxy) is 1. The SMILES string of the molecule is Cn1ccc(COc2cccc(Cl)c2CN)n1. The minimum Gasteiger partial charge on any atom is -0.487 e. The molecule has 5 heteroatoms. The number of nitrogens with two attached hydrogens (primary N) is 1. The van der Waals surface area contributed by atoms with Crippen LogP contribution in [0.1, 0.15) is 11.3 Å². The topological polar surface area (TPSA) is 53.1 Å². The van der Waals surface area contributed by atoms with Crippen LogP contribution in [-0.2, 0) is 20.2 Å². The van der Waals surface area contributed by atoms with Gasteiger partial charge in [-0.1, -0.05) is 17.7 Å². The molecule has 1 heterocycles. The fourth-order valence-electron chi connectivity index (χ4n) is 1.56. The van der Waals surface area contributed by atoms with Crippen molar-refractivity contribution in [2.45, 2.75) is 13.2 Å². The van der Waals surface area contributed by atoms with Crippen LogP contribution in [0.5, 0.6) is 5.75 Å². The van der Waals surface area contributed by atoms with Crippen molar-refractivity contribution < 1.29 is 4.74 Å². The largest absolute Gasteiger partial charge is 0.487 e. The third-order valence-corrected chi connectivity index (χ3v) is 2.78. The highest BCUT2D eigenvalue weighted by Gasteiger charge is 2.07. The van der Waals surface area contributed by atoms with E-state index in [1.807, 2.05) is 31.4 Å². The number of nitrogens with zero attached hydrogens (tertiary/aromatic N) is 2. The first-order valence-corrected chi connectivity index (χ1v) is 5.67. The summed E-state index contributed by atoms with van der Waals surface area (Å²) in [7, 11) is 1.87. The van der Waals surface area contributed by atoms with Crippen LogP contribution in [0, 0.1) is 0 Å². The zero-order chi connectivity index (χ0) is 12.3. The summed E-state index contributed by atoms with van der Waals surface area (Å²) in [6, 6.07) is 7.41. The Balaban J connectivity index is 2.11. The molecule has 17 heavy (non-hydrogen) atoms. The molecule has 0 saturated carbocycles. The van der Waals surface area contributed by atoms with Gasteiger partial charge in [-0.3, -0.25) is 4.68 Å². The summed E-state index contributed by atoms with van der Waals surface area (Å²) in [6.07, 6.45) is 1.88. The fourth-order valence-corrected chi connectivity index (χ4v) is 1.81. The van der Waals surface area contributed by atoms with Crippen molar-refractivity contribution in [3.05, 3.63) is 46.7 Å². The first-order valence-electron chi connectivity index (χ1n) is 5.29. The molecule has 0 bridgehead atoms. The van der Waals surface area contributed by atoms with Gasteiger partial charge in [0.15, 0.2) is 0 Å². The molecular formula is C12H14ClN3O. The summed E-state index contributed by atoms with van der Waals surface area (Å²) >= 11 is 6.04. The van der Waals surface area contributed by atoms with Crippen LogP contribution < -0.4 is 10.5 Å². The van der Waals surface area contributed by atoms with Gasteiger partial charge < -0.3 is 10.5 Å². The van der Waals surface area contributed by atoms with Crippen molar-refractivity contribution in [1.82, 2.24) is 9.78 Å². The van der Waals surface area contributed by atoms with Crippen LogP contribution in [-0.4, -0.2) is 9.78 Å². The van der Waals surface area contributed by atoms with Gasteiger partial charge in [-0.15, -0.1) is 0 Å². The van der Waals surface area contributed by atoms with E-state index in [0.29, 0.717) is 23.9 Å². The van der Waals surface area contributed by atoms with Gasteiger partial charge >= 0.3 is 0 Å². The van der Waals surface area contributed by atoms with E-state index in [4.69, 9.17) is 22.1 Å². The lowest BCUT2D eigenvalue weighted by Gasteiger charge is -2.10. The zero-order valence-electron chi connectivity index (χ0n) is 9.56. The van der Waals surface area contributed by atoms with E-state index in [1.165, 1.54) is 0 Å². The standard InChI is InChI=1S/C12H14ClN3O/c1-16-6-5-9(15-16)8-17-12-4-2-3-11(13)10(12)7-14/h2-6H,7-8,14H2,1H3. The molecule has 0 fully saturated rings. The summed E-state index contributed by atoms with van der Waals surface area (Å²) in [6.45, 7) is 0.769. The zero-order valence-corrected chi connectivity index (χ0v) is 10.3. The predicted molar refractivity (Wildman–Crippen MR) is 66.9 cm³/mol. The van der Waals surface area contributed by atoms with E-state index < -0.39 is 0 Å². The smallest absolute Gasteiger partial charge is 0.132 e. The van der Waals surface area contributed by atoms with Crippen LogP contribution in [0.2, 0.25) is 5.02 Å². The molecule has 0 spiro atoms. The van der Waals surface area contributed by atoms with Crippen LogP contribution in [0.15, 0.2) is 30.5 Å². The molecule has 0 atom stereocenters. The van der Waals surface area contributed by atoms with Crippen LogP contribution >= 0.6 is 11.6 Å². The van der Waals surface area contributed by atoms with E-state index in [-0.39, 0.29) is 0 Å². The Morgan fingerprint density at radius 1 is 1.41 bits per heavy atom. The Morgan fingerprint density at radius 2 is 2.24 bits per heavy atom. The molecule has 0 aliphatic heterocycles. The molecule has 4 nitrogen and oxygen atoms in total. The first kappa shape index (κ1) is 12.0. The van der Waals surface area contributed by atoms with E-state index in [9.17, 15) is 0 Å². The number of halogens is 1. The van der Waals surface area contributed by atoms with Gasteiger partial charge in [0.05, 0.1) is 5.69 Å². The monoisotopic (exact) mass is 251 g/mol. The van der Waals surface area contributed by atoms with Crippen LogP contribution in [0.3, 0.4) is 0 Å². The highest BCUT2D eigenvalue weighted by Crippen LogP contribution is 2.26. The Hall–Kier alpha value is -1.52. The lowest BCUT2D eigenvalue weighted by molar-refractivity contribution is 0.297. The molecule has 0 radical (unpaired) electrons. The van der Waals surface area contributed by atoms with E-state index in [1.54, 1.807) is 10.7 Å². The Bertz CT molecular complexity index is 510. The highest BCUT2D eigenvalue weighted by atomic mass is 35.5. The maximum absolute atomic E-state index is 6.04. The van der Waals surface area contributed by atoms with Crippen molar-refractivity contribution in [3.8, 4) is 5.75 Å². The van der Waals surface area contributed by atoms with Crippen molar-refractivity contribution in [1.29, 1.82) is 0 Å². The highest BCUT2D eigenvalue weighted by molar-refractivity contribution is 6.31. The van der Waals surface area contributed by atoms with Gasteiger partial charge in [0.25, 0.3) is 0 Å². The average Bonchev–Trinajstić information content (AvgIpc) is 2.72. The maximum atomic E-state index is 6.04. The summed E-state index contributed by atoms with van der Waals surface area (Å²) in [5.41, 5.74) is 7.34. The van der Waals surface area contributed by atoms with Crippen molar-refractivity contribution in [2.24, 2.45) is 12.8 Å². The molecule has 2 rings (SSSR count).